The van der Waals surface area contributed by atoms with Crippen LogP contribution in [0.5, 0.6) is 0 Å². The standard InChI is InChI=1S/C23H28N4O2S/c28-23(24-9-17-30-21-4-2-1-3-5-21)25-20-6-7-22-19(18-20)8-10-27(22)12-11-26-13-15-29-16-14-26/h1-8,10,18H,9,11-17H2,(H2,24,25,28). The first-order valence-corrected chi connectivity index (χ1v) is 11.4. The maximum Gasteiger partial charge on any atom is 0.319 e. The van der Waals surface area contributed by atoms with Crippen molar-refractivity contribution < 1.29 is 9.53 Å². The molecule has 0 saturated carbocycles. The number of thioether (sulfide) groups is 1. The van der Waals surface area contributed by atoms with E-state index >= 15 is 0 Å². The van der Waals surface area contributed by atoms with Crippen molar-refractivity contribution in [1.82, 2.24) is 14.8 Å². The highest BCUT2D eigenvalue weighted by atomic mass is 32.2. The molecule has 7 heteroatoms. The van der Waals surface area contributed by atoms with Crippen LogP contribution in [0.15, 0.2) is 65.7 Å². The molecular formula is C23H28N4O2S. The number of benzene rings is 2. The summed E-state index contributed by atoms with van der Waals surface area (Å²) >= 11 is 1.73. The van der Waals surface area contributed by atoms with Gasteiger partial charge in [-0.25, -0.2) is 4.79 Å². The van der Waals surface area contributed by atoms with Crippen LogP contribution >= 0.6 is 11.8 Å². The number of nitrogens with zero attached hydrogens (tertiary/aromatic N) is 2. The van der Waals surface area contributed by atoms with Gasteiger partial charge in [0.1, 0.15) is 0 Å². The molecule has 2 amide bonds. The Balaban J connectivity index is 1.24. The number of hydrogen-bond acceptors (Lipinski definition) is 4. The lowest BCUT2D eigenvalue weighted by atomic mass is 10.2. The Labute approximate surface area is 181 Å². The first-order chi connectivity index (χ1) is 14.8. The van der Waals surface area contributed by atoms with Crippen molar-refractivity contribution in [2.75, 3.05) is 50.5 Å². The van der Waals surface area contributed by atoms with E-state index in [0.29, 0.717) is 6.54 Å². The summed E-state index contributed by atoms with van der Waals surface area (Å²) in [5.74, 6) is 0.836. The number of hydrogen-bond donors (Lipinski definition) is 2. The van der Waals surface area contributed by atoms with Gasteiger partial charge in [-0.2, -0.15) is 0 Å². The summed E-state index contributed by atoms with van der Waals surface area (Å²) in [5.41, 5.74) is 2.00. The lowest BCUT2D eigenvalue weighted by Crippen LogP contribution is -2.38. The molecule has 2 aromatic carbocycles. The quantitative estimate of drug-likeness (QED) is 0.426. The largest absolute Gasteiger partial charge is 0.379 e. The number of ether oxygens (including phenoxy) is 1. The molecule has 0 spiro atoms. The van der Waals surface area contributed by atoms with Crippen molar-refractivity contribution >= 4 is 34.4 Å². The molecule has 4 rings (SSSR count). The van der Waals surface area contributed by atoms with Crippen molar-refractivity contribution in [3.05, 3.63) is 60.8 Å². The van der Waals surface area contributed by atoms with Crippen LogP contribution in [0.3, 0.4) is 0 Å². The maximum atomic E-state index is 12.2. The summed E-state index contributed by atoms with van der Waals surface area (Å²) in [6.45, 7) is 6.26. The third-order valence-electron chi connectivity index (χ3n) is 5.19. The zero-order valence-electron chi connectivity index (χ0n) is 17.0. The minimum Gasteiger partial charge on any atom is -0.379 e. The lowest BCUT2D eigenvalue weighted by Gasteiger charge is -2.26. The van der Waals surface area contributed by atoms with Crippen LogP contribution in [-0.4, -0.2) is 60.6 Å². The van der Waals surface area contributed by atoms with Crippen molar-refractivity contribution in [2.45, 2.75) is 11.4 Å². The van der Waals surface area contributed by atoms with Crippen molar-refractivity contribution in [3.8, 4) is 0 Å². The van der Waals surface area contributed by atoms with E-state index in [-0.39, 0.29) is 6.03 Å². The smallest absolute Gasteiger partial charge is 0.319 e. The molecule has 1 aromatic heterocycles. The third kappa shape index (κ3) is 5.78. The predicted octanol–water partition coefficient (Wildman–Crippen LogP) is 3.89. The highest BCUT2D eigenvalue weighted by Gasteiger charge is 2.11. The third-order valence-corrected chi connectivity index (χ3v) is 6.20. The Morgan fingerprint density at radius 2 is 1.87 bits per heavy atom. The number of carbonyl (C=O) groups is 1. The molecule has 0 aliphatic carbocycles. The van der Waals surface area contributed by atoms with Gasteiger partial charge in [0.25, 0.3) is 0 Å². The van der Waals surface area contributed by atoms with Crippen LogP contribution < -0.4 is 10.6 Å². The molecule has 1 fully saturated rings. The second kappa shape index (κ2) is 10.5. The number of morpholine rings is 1. The molecule has 158 valence electrons. The van der Waals surface area contributed by atoms with Gasteiger partial charge in [-0.1, -0.05) is 18.2 Å². The predicted molar refractivity (Wildman–Crippen MR) is 123 cm³/mol. The molecule has 1 aliphatic rings. The van der Waals surface area contributed by atoms with Crippen LogP contribution in [0.4, 0.5) is 10.5 Å². The van der Waals surface area contributed by atoms with Crippen LogP contribution in [0.25, 0.3) is 10.9 Å². The number of urea groups is 1. The molecule has 0 unspecified atom stereocenters. The topological polar surface area (TPSA) is 58.5 Å². The molecule has 6 nitrogen and oxygen atoms in total. The van der Waals surface area contributed by atoms with Crippen molar-refractivity contribution in [2.24, 2.45) is 0 Å². The Hall–Kier alpha value is -2.48. The Kier molecular flexibility index (Phi) is 7.29. The Bertz CT molecular complexity index is 954. The van der Waals surface area contributed by atoms with Crippen LogP contribution in [0, 0.1) is 0 Å². The van der Waals surface area contributed by atoms with E-state index in [4.69, 9.17) is 4.74 Å². The van der Waals surface area contributed by atoms with Gasteiger partial charge in [0.2, 0.25) is 0 Å². The molecule has 0 atom stereocenters. The fraction of sp³-hybridized carbons (Fsp3) is 0.348. The van der Waals surface area contributed by atoms with E-state index in [9.17, 15) is 4.79 Å². The summed E-state index contributed by atoms with van der Waals surface area (Å²) < 4.78 is 7.69. The average Bonchev–Trinajstić information content (AvgIpc) is 3.19. The molecule has 2 heterocycles. The summed E-state index contributed by atoms with van der Waals surface area (Å²) in [6, 6.07) is 18.2. The summed E-state index contributed by atoms with van der Waals surface area (Å²) in [4.78, 5) is 15.8. The molecule has 1 aliphatic heterocycles. The maximum absolute atomic E-state index is 12.2. The van der Waals surface area contributed by atoms with Gasteiger partial charge in [0, 0.05) is 66.2 Å². The first kappa shape index (κ1) is 20.8. The normalized spacial score (nSPS) is 14.7. The van der Waals surface area contributed by atoms with Gasteiger partial charge in [-0.3, -0.25) is 4.90 Å². The average molecular weight is 425 g/mol. The fourth-order valence-corrected chi connectivity index (χ4v) is 4.36. The summed E-state index contributed by atoms with van der Waals surface area (Å²) in [5, 5.41) is 6.99. The minimum absolute atomic E-state index is 0.172. The molecule has 1 saturated heterocycles. The van der Waals surface area contributed by atoms with E-state index < -0.39 is 0 Å². The van der Waals surface area contributed by atoms with Crippen LogP contribution in [-0.2, 0) is 11.3 Å². The summed E-state index contributed by atoms with van der Waals surface area (Å²) in [7, 11) is 0. The van der Waals surface area contributed by atoms with Crippen molar-refractivity contribution in [1.29, 1.82) is 0 Å². The lowest BCUT2D eigenvalue weighted by molar-refractivity contribution is 0.0365. The highest BCUT2D eigenvalue weighted by molar-refractivity contribution is 7.99. The molecule has 0 radical (unpaired) electrons. The van der Waals surface area contributed by atoms with Gasteiger partial charge >= 0.3 is 6.03 Å². The van der Waals surface area contributed by atoms with Gasteiger partial charge in [0.05, 0.1) is 13.2 Å². The van der Waals surface area contributed by atoms with Gasteiger partial charge in [-0.15, -0.1) is 11.8 Å². The van der Waals surface area contributed by atoms with Gasteiger partial charge < -0.3 is 19.9 Å². The molecule has 30 heavy (non-hydrogen) atoms. The fourth-order valence-electron chi connectivity index (χ4n) is 3.57. The number of rotatable bonds is 8. The zero-order chi connectivity index (χ0) is 20.6. The van der Waals surface area contributed by atoms with Gasteiger partial charge in [-0.05, 0) is 36.4 Å². The van der Waals surface area contributed by atoms with E-state index in [2.05, 4.69) is 50.6 Å². The van der Waals surface area contributed by atoms with E-state index in [0.717, 1.165) is 56.2 Å². The molecule has 2 N–H and O–H groups in total. The van der Waals surface area contributed by atoms with Crippen LogP contribution in [0.2, 0.25) is 0 Å². The number of anilines is 1. The number of fused-ring (bicyclic) bond motifs is 1. The highest BCUT2D eigenvalue weighted by Crippen LogP contribution is 2.21. The van der Waals surface area contributed by atoms with Gasteiger partial charge in [0.15, 0.2) is 0 Å². The second-order valence-electron chi connectivity index (χ2n) is 7.28. The summed E-state index contributed by atoms with van der Waals surface area (Å²) in [6.07, 6.45) is 2.12. The number of amides is 2. The zero-order valence-corrected chi connectivity index (χ0v) is 17.9. The van der Waals surface area contributed by atoms with Crippen molar-refractivity contribution in [3.63, 3.8) is 0 Å². The number of aromatic nitrogens is 1. The number of nitrogens with one attached hydrogen (secondary N) is 2. The molecule has 3 aromatic rings. The molecular weight excluding hydrogens is 396 g/mol. The van der Waals surface area contributed by atoms with E-state index in [1.807, 2.05) is 30.3 Å². The van der Waals surface area contributed by atoms with Crippen LogP contribution in [0.1, 0.15) is 0 Å². The number of carbonyl (C=O) groups excluding carboxylic acids is 1. The minimum atomic E-state index is -0.172. The Morgan fingerprint density at radius 1 is 1.03 bits per heavy atom. The van der Waals surface area contributed by atoms with E-state index in [1.165, 1.54) is 10.4 Å². The second-order valence-corrected chi connectivity index (χ2v) is 8.45. The SMILES string of the molecule is O=C(NCCSc1ccccc1)Nc1ccc2c(ccn2CCN2CCOCC2)c1. The Morgan fingerprint density at radius 3 is 2.70 bits per heavy atom. The first-order valence-electron chi connectivity index (χ1n) is 10.4. The molecule has 0 bridgehead atoms. The monoisotopic (exact) mass is 424 g/mol. The van der Waals surface area contributed by atoms with E-state index in [1.54, 1.807) is 11.8 Å².